The maximum Gasteiger partial charge on any atom is 0.227 e. The van der Waals surface area contributed by atoms with Crippen LogP contribution >= 0.6 is 15.9 Å². The molecule has 102 valence electrons. The number of nitrogens with one attached hydrogen (secondary N) is 1. The van der Waals surface area contributed by atoms with Crippen LogP contribution in [0.25, 0.3) is 11.2 Å². The molecule has 0 bridgehead atoms. The lowest BCUT2D eigenvalue weighted by Crippen LogP contribution is -2.06. The molecule has 3 rings (SSSR count). The Morgan fingerprint density at radius 2 is 1.90 bits per heavy atom. The minimum atomic E-state index is -3.51. The second-order valence-electron chi connectivity index (χ2n) is 4.30. The van der Waals surface area contributed by atoms with E-state index in [1.54, 1.807) is 30.5 Å². The molecular formula is C13H10BrN3O2S. The molecule has 0 spiro atoms. The van der Waals surface area contributed by atoms with Crippen LogP contribution in [-0.4, -0.2) is 23.4 Å². The Morgan fingerprint density at radius 3 is 2.60 bits per heavy atom. The van der Waals surface area contributed by atoms with Crippen molar-refractivity contribution in [1.29, 1.82) is 0 Å². The average Bonchev–Trinajstić information content (AvgIpc) is 2.86. The van der Waals surface area contributed by atoms with E-state index >= 15 is 0 Å². The summed E-state index contributed by atoms with van der Waals surface area (Å²) in [5.74, 6) is -0.0971. The number of aromatic amines is 1. The first-order valence-corrected chi connectivity index (χ1v) is 8.27. The predicted molar refractivity (Wildman–Crippen MR) is 78.9 cm³/mol. The van der Waals surface area contributed by atoms with Crippen LogP contribution < -0.4 is 0 Å². The number of aromatic nitrogens is 3. The Morgan fingerprint density at radius 1 is 1.15 bits per heavy atom. The molecule has 2 aromatic heterocycles. The molecule has 0 unspecified atom stereocenters. The highest BCUT2D eigenvalue weighted by atomic mass is 79.9. The van der Waals surface area contributed by atoms with Gasteiger partial charge in [-0.25, -0.2) is 13.4 Å². The summed E-state index contributed by atoms with van der Waals surface area (Å²) >= 11 is 3.32. The SMILES string of the molecule is O=S(=O)(Cc1ccc(Br)cc1)c1nc2ncccc2[nH]1. The summed E-state index contributed by atoms with van der Waals surface area (Å²) in [6.45, 7) is 0. The Hall–Kier alpha value is -1.73. The Kier molecular flexibility index (Phi) is 3.31. The third-order valence-electron chi connectivity index (χ3n) is 2.80. The molecule has 1 aromatic carbocycles. The Labute approximate surface area is 124 Å². The lowest BCUT2D eigenvalue weighted by atomic mass is 10.2. The second kappa shape index (κ2) is 4.99. The Balaban J connectivity index is 1.96. The van der Waals surface area contributed by atoms with Crippen LogP contribution in [0.3, 0.4) is 0 Å². The minimum Gasteiger partial charge on any atom is -0.327 e. The number of sulfone groups is 1. The summed E-state index contributed by atoms with van der Waals surface area (Å²) in [6, 6.07) is 10.6. The molecule has 0 aliphatic heterocycles. The summed E-state index contributed by atoms with van der Waals surface area (Å²) < 4.78 is 25.6. The van der Waals surface area contributed by atoms with Crippen molar-refractivity contribution in [1.82, 2.24) is 15.0 Å². The van der Waals surface area contributed by atoms with Crippen molar-refractivity contribution in [2.75, 3.05) is 0 Å². The summed E-state index contributed by atoms with van der Waals surface area (Å²) in [5.41, 5.74) is 1.73. The van der Waals surface area contributed by atoms with Gasteiger partial charge in [-0.2, -0.15) is 4.98 Å². The van der Waals surface area contributed by atoms with Crippen molar-refractivity contribution >= 4 is 36.9 Å². The number of rotatable bonds is 3. The first kappa shape index (κ1) is 13.3. The molecular weight excluding hydrogens is 342 g/mol. The van der Waals surface area contributed by atoms with E-state index in [2.05, 4.69) is 30.9 Å². The number of imidazole rings is 1. The van der Waals surface area contributed by atoms with Crippen LogP contribution in [0.15, 0.2) is 52.2 Å². The fourth-order valence-electron chi connectivity index (χ4n) is 1.84. The van der Waals surface area contributed by atoms with Crippen molar-refractivity contribution in [3.8, 4) is 0 Å². The molecule has 0 radical (unpaired) electrons. The summed E-state index contributed by atoms with van der Waals surface area (Å²) in [6.07, 6.45) is 1.58. The standard InChI is InChI=1S/C13H10BrN3O2S/c14-10-5-3-9(4-6-10)8-20(18,19)13-16-11-2-1-7-15-12(11)17-13/h1-7H,8H2,(H,15,16,17). The smallest absolute Gasteiger partial charge is 0.227 e. The van der Waals surface area contributed by atoms with Gasteiger partial charge in [0.05, 0.1) is 11.3 Å². The molecule has 20 heavy (non-hydrogen) atoms. The van der Waals surface area contributed by atoms with E-state index in [-0.39, 0.29) is 10.9 Å². The van der Waals surface area contributed by atoms with E-state index < -0.39 is 9.84 Å². The molecule has 0 aliphatic carbocycles. The quantitative estimate of drug-likeness (QED) is 0.786. The number of fused-ring (bicyclic) bond motifs is 1. The van der Waals surface area contributed by atoms with Crippen molar-refractivity contribution in [3.05, 3.63) is 52.6 Å². The maximum absolute atomic E-state index is 12.3. The van der Waals surface area contributed by atoms with Gasteiger partial charge >= 0.3 is 0 Å². The van der Waals surface area contributed by atoms with Crippen LogP contribution in [0.2, 0.25) is 0 Å². The third kappa shape index (κ3) is 2.59. The van der Waals surface area contributed by atoms with Gasteiger partial charge in [0.2, 0.25) is 15.0 Å². The maximum atomic E-state index is 12.3. The normalized spacial score (nSPS) is 11.8. The Bertz CT molecular complexity index is 824. The van der Waals surface area contributed by atoms with E-state index in [4.69, 9.17) is 0 Å². The molecule has 5 nitrogen and oxygen atoms in total. The van der Waals surface area contributed by atoms with Gasteiger partial charge in [0, 0.05) is 10.7 Å². The molecule has 0 fully saturated rings. The lowest BCUT2D eigenvalue weighted by Gasteiger charge is -2.01. The van der Waals surface area contributed by atoms with Gasteiger partial charge in [0.25, 0.3) is 0 Å². The molecule has 0 atom stereocenters. The summed E-state index contributed by atoms with van der Waals surface area (Å²) in [4.78, 5) is 10.9. The molecule has 3 aromatic rings. The van der Waals surface area contributed by atoms with Crippen molar-refractivity contribution in [3.63, 3.8) is 0 Å². The highest BCUT2D eigenvalue weighted by Crippen LogP contribution is 2.18. The number of hydrogen-bond acceptors (Lipinski definition) is 4. The van der Waals surface area contributed by atoms with Crippen LogP contribution in [0.5, 0.6) is 0 Å². The van der Waals surface area contributed by atoms with Crippen LogP contribution in [0.4, 0.5) is 0 Å². The molecule has 0 aliphatic rings. The lowest BCUT2D eigenvalue weighted by molar-refractivity contribution is 0.588. The monoisotopic (exact) mass is 351 g/mol. The third-order valence-corrected chi connectivity index (χ3v) is 4.82. The summed E-state index contributed by atoms with van der Waals surface area (Å²) in [5, 5.41) is -0.0471. The van der Waals surface area contributed by atoms with Crippen molar-refractivity contribution in [2.24, 2.45) is 0 Å². The average molecular weight is 352 g/mol. The van der Waals surface area contributed by atoms with E-state index in [0.717, 1.165) is 4.47 Å². The van der Waals surface area contributed by atoms with Gasteiger partial charge in [-0.05, 0) is 29.8 Å². The summed E-state index contributed by atoms with van der Waals surface area (Å²) in [7, 11) is -3.51. The number of nitrogens with zero attached hydrogens (tertiary/aromatic N) is 2. The fraction of sp³-hybridized carbons (Fsp3) is 0.0769. The molecule has 0 amide bonds. The van der Waals surface area contributed by atoms with Gasteiger partial charge in [-0.15, -0.1) is 0 Å². The van der Waals surface area contributed by atoms with E-state index in [0.29, 0.717) is 16.7 Å². The van der Waals surface area contributed by atoms with Crippen LogP contribution in [0.1, 0.15) is 5.56 Å². The largest absolute Gasteiger partial charge is 0.327 e. The van der Waals surface area contributed by atoms with Gasteiger partial charge in [0.1, 0.15) is 0 Å². The molecule has 1 N–H and O–H groups in total. The molecule has 0 saturated carbocycles. The molecule has 2 heterocycles. The van der Waals surface area contributed by atoms with E-state index in [9.17, 15) is 8.42 Å². The predicted octanol–water partition coefficient (Wildman–Crippen LogP) is 2.69. The first-order valence-electron chi connectivity index (χ1n) is 5.82. The highest BCUT2D eigenvalue weighted by molar-refractivity contribution is 9.10. The zero-order chi connectivity index (χ0) is 14.2. The molecule has 7 heteroatoms. The number of hydrogen-bond donors (Lipinski definition) is 1. The molecule has 0 saturated heterocycles. The second-order valence-corrected chi connectivity index (χ2v) is 7.12. The van der Waals surface area contributed by atoms with Gasteiger partial charge in [-0.3, -0.25) is 0 Å². The van der Waals surface area contributed by atoms with E-state index in [1.807, 2.05) is 12.1 Å². The minimum absolute atomic E-state index is 0.0471. The van der Waals surface area contributed by atoms with Crippen molar-refractivity contribution in [2.45, 2.75) is 10.9 Å². The first-order chi connectivity index (χ1) is 9.54. The zero-order valence-electron chi connectivity index (χ0n) is 10.2. The fourth-order valence-corrected chi connectivity index (χ4v) is 3.36. The van der Waals surface area contributed by atoms with Crippen LogP contribution in [0, 0.1) is 0 Å². The van der Waals surface area contributed by atoms with Gasteiger partial charge in [0.15, 0.2) is 5.65 Å². The number of H-pyrrole nitrogens is 1. The van der Waals surface area contributed by atoms with Crippen LogP contribution in [-0.2, 0) is 15.6 Å². The van der Waals surface area contributed by atoms with Gasteiger partial charge in [-0.1, -0.05) is 28.1 Å². The highest BCUT2D eigenvalue weighted by Gasteiger charge is 2.20. The van der Waals surface area contributed by atoms with Crippen molar-refractivity contribution < 1.29 is 8.42 Å². The van der Waals surface area contributed by atoms with E-state index in [1.165, 1.54) is 0 Å². The number of benzene rings is 1. The number of halogens is 1. The van der Waals surface area contributed by atoms with Gasteiger partial charge < -0.3 is 4.98 Å². The zero-order valence-corrected chi connectivity index (χ0v) is 12.6. The topological polar surface area (TPSA) is 75.7 Å². The number of pyridine rings is 1.